The molecule has 3 rings (SSSR count). The van der Waals surface area contributed by atoms with Crippen LogP contribution in [0.4, 0.5) is 29.3 Å². The second-order valence-electron chi connectivity index (χ2n) is 7.81. The Kier molecular flexibility index (Phi) is 8.25. The minimum Gasteiger partial charge on any atom is -0.306 e. The molecule has 3 N–H and O–H groups in total. The van der Waals surface area contributed by atoms with Gasteiger partial charge in [-0.3, -0.25) is 5.43 Å². The number of rotatable bonds is 7. The number of hydrogen-bond acceptors (Lipinski definition) is 4. The van der Waals surface area contributed by atoms with E-state index in [0.717, 1.165) is 34.5 Å². The molecule has 6 nitrogen and oxygen atoms in total. The Morgan fingerprint density at radius 3 is 2.14 bits per heavy atom. The summed E-state index contributed by atoms with van der Waals surface area (Å²) in [5.74, 6) is 0. The van der Waals surface area contributed by atoms with Gasteiger partial charge in [-0.05, 0) is 66.8 Å². The predicted octanol–water partition coefficient (Wildman–Crippen LogP) is 6.70. The Hall–Kier alpha value is -4.14. The van der Waals surface area contributed by atoms with Crippen molar-refractivity contribution in [3.63, 3.8) is 0 Å². The van der Waals surface area contributed by atoms with Gasteiger partial charge in [-0.2, -0.15) is 23.4 Å². The third-order valence-corrected chi connectivity index (χ3v) is 5.21. The summed E-state index contributed by atoms with van der Waals surface area (Å²) < 4.78 is 38.3. The van der Waals surface area contributed by atoms with Crippen LogP contribution in [0.15, 0.2) is 76.9 Å². The second kappa shape index (κ2) is 11.3. The van der Waals surface area contributed by atoms with Crippen molar-refractivity contribution in [3.8, 4) is 0 Å². The number of carbonyl (C=O) groups is 1. The fraction of sp³-hybridized carbons (Fsp3) is 0.192. The molecule has 0 bridgehead atoms. The van der Waals surface area contributed by atoms with Crippen LogP contribution in [0.5, 0.6) is 0 Å². The standard InChI is InChI=1S/C26H26F3N5O/c1-4-23(20-10-12-21(13-11-20)26(27,28)29)33-32-22-14-8-19(9-15-22)16-30-34-25(35)31-24-17(2)6-5-7-18(24)3/h5-16,32H,4H2,1-3H3,(H2,31,34,35)/b30-16?,33-23+. The molecule has 35 heavy (non-hydrogen) atoms. The van der Waals surface area contributed by atoms with E-state index in [1.165, 1.54) is 18.3 Å². The molecule has 0 unspecified atom stereocenters. The summed E-state index contributed by atoms with van der Waals surface area (Å²) in [4.78, 5) is 12.1. The highest BCUT2D eigenvalue weighted by Gasteiger charge is 2.30. The first kappa shape index (κ1) is 25.5. The monoisotopic (exact) mass is 481 g/mol. The minimum atomic E-state index is -4.37. The zero-order valence-electron chi connectivity index (χ0n) is 19.6. The van der Waals surface area contributed by atoms with Gasteiger partial charge in [0.15, 0.2) is 0 Å². The lowest BCUT2D eigenvalue weighted by atomic mass is 10.1. The number of hydrogen-bond donors (Lipinski definition) is 3. The SMILES string of the molecule is CC/C(=N\Nc1ccc(C=NNC(=O)Nc2c(C)cccc2C)cc1)c1ccc(C(F)(F)F)cc1. The first-order chi connectivity index (χ1) is 16.7. The van der Waals surface area contributed by atoms with E-state index >= 15 is 0 Å². The van der Waals surface area contributed by atoms with E-state index in [9.17, 15) is 18.0 Å². The van der Waals surface area contributed by atoms with E-state index in [1.807, 2.05) is 39.0 Å². The van der Waals surface area contributed by atoms with Gasteiger partial charge in [0.25, 0.3) is 0 Å². The molecule has 0 saturated heterocycles. The van der Waals surface area contributed by atoms with Crippen molar-refractivity contribution in [1.82, 2.24) is 5.43 Å². The number of nitrogens with one attached hydrogen (secondary N) is 3. The van der Waals surface area contributed by atoms with Crippen LogP contribution in [0, 0.1) is 13.8 Å². The molecular weight excluding hydrogens is 455 g/mol. The van der Waals surface area contributed by atoms with Crippen LogP contribution in [-0.4, -0.2) is 18.0 Å². The smallest absolute Gasteiger partial charge is 0.306 e. The van der Waals surface area contributed by atoms with Crippen molar-refractivity contribution < 1.29 is 18.0 Å². The van der Waals surface area contributed by atoms with E-state index in [-0.39, 0.29) is 0 Å². The molecule has 2 amide bonds. The molecule has 0 aromatic heterocycles. The Balaban J connectivity index is 1.56. The van der Waals surface area contributed by atoms with Crippen LogP contribution in [0.3, 0.4) is 0 Å². The van der Waals surface area contributed by atoms with E-state index in [2.05, 4.69) is 26.4 Å². The number of nitrogens with zero attached hydrogens (tertiary/aromatic N) is 2. The number of anilines is 2. The molecule has 3 aromatic rings. The van der Waals surface area contributed by atoms with Gasteiger partial charge in [-0.1, -0.05) is 49.4 Å². The zero-order valence-corrected chi connectivity index (χ0v) is 19.6. The number of aryl methyl sites for hydroxylation is 2. The molecule has 0 aliphatic heterocycles. The topological polar surface area (TPSA) is 77.9 Å². The number of para-hydroxylation sites is 1. The molecule has 0 radical (unpaired) electrons. The number of urea groups is 1. The van der Waals surface area contributed by atoms with Gasteiger partial charge >= 0.3 is 12.2 Å². The van der Waals surface area contributed by atoms with Gasteiger partial charge in [0, 0.05) is 5.69 Å². The highest BCUT2D eigenvalue weighted by atomic mass is 19.4. The summed E-state index contributed by atoms with van der Waals surface area (Å²) in [7, 11) is 0. The lowest BCUT2D eigenvalue weighted by Gasteiger charge is -2.10. The van der Waals surface area contributed by atoms with Gasteiger partial charge in [0.1, 0.15) is 0 Å². The maximum absolute atomic E-state index is 12.8. The minimum absolute atomic E-state index is 0.443. The number of alkyl halides is 3. The zero-order chi connectivity index (χ0) is 25.4. The molecule has 0 aliphatic carbocycles. The fourth-order valence-corrected chi connectivity index (χ4v) is 3.29. The van der Waals surface area contributed by atoms with E-state index < -0.39 is 17.8 Å². The molecule has 0 spiro atoms. The summed E-state index contributed by atoms with van der Waals surface area (Å²) in [6, 6.07) is 17.4. The van der Waals surface area contributed by atoms with E-state index in [4.69, 9.17) is 0 Å². The molecule has 3 aromatic carbocycles. The van der Waals surface area contributed by atoms with Crippen LogP contribution in [0.25, 0.3) is 0 Å². The second-order valence-corrected chi connectivity index (χ2v) is 7.81. The van der Waals surface area contributed by atoms with Crippen molar-refractivity contribution in [1.29, 1.82) is 0 Å². The maximum Gasteiger partial charge on any atom is 0.416 e. The van der Waals surface area contributed by atoms with Crippen molar-refractivity contribution in [2.45, 2.75) is 33.4 Å². The van der Waals surface area contributed by atoms with Crippen molar-refractivity contribution in [2.24, 2.45) is 10.2 Å². The maximum atomic E-state index is 12.8. The van der Waals surface area contributed by atoms with Gasteiger partial charge in [0.05, 0.1) is 23.2 Å². The lowest BCUT2D eigenvalue weighted by Crippen LogP contribution is -2.25. The van der Waals surface area contributed by atoms with Gasteiger partial charge < -0.3 is 5.32 Å². The fourth-order valence-electron chi connectivity index (χ4n) is 3.29. The molecule has 0 saturated carbocycles. The van der Waals surface area contributed by atoms with Crippen molar-refractivity contribution in [2.75, 3.05) is 10.7 Å². The lowest BCUT2D eigenvalue weighted by molar-refractivity contribution is -0.137. The molecule has 182 valence electrons. The first-order valence-electron chi connectivity index (χ1n) is 10.9. The molecular formula is C26H26F3N5O. The molecule has 9 heteroatoms. The third kappa shape index (κ3) is 7.17. The average Bonchev–Trinajstić information content (AvgIpc) is 2.82. The van der Waals surface area contributed by atoms with Crippen LogP contribution < -0.4 is 16.2 Å². The first-order valence-corrected chi connectivity index (χ1v) is 10.9. The van der Waals surface area contributed by atoms with Crippen LogP contribution in [0.2, 0.25) is 0 Å². The van der Waals surface area contributed by atoms with Crippen LogP contribution >= 0.6 is 0 Å². The quantitative estimate of drug-likeness (QED) is 0.259. The largest absolute Gasteiger partial charge is 0.416 e. The summed E-state index contributed by atoms with van der Waals surface area (Å²) in [6.45, 7) is 5.71. The summed E-state index contributed by atoms with van der Waals surface area (Å²) in [5, 5.41) is 11.1. The molecule has 0 heterocycles. The number of halogens is 3. The number of hydrazone groups is 2. The normalized spacial score (nSPS) is 12.0. The van der Waals surface area contributed by atoms with Crippen molar-refractivity contribution in [3.05, 3.63) is 94.5 Å². The Morgan fingerprint density at radius 2 is 1.57 bits per heavy atom. The summed E-state index contributed by atoms with van der Waals surface area (Å²) in [6.07, 6.45) is -2.32. The Bertz CT molecular complexity index is 1200. The number of benzene rings is 3. The van der Waals surface area contributed by atoms with Crippen molar-refractivity contribution >= 4 is 29.3 Å². The van der Waals surface area contributed by atoms with Gasteiger partial charge in [0.2, 0.25) is 0 Å². The Morgan fingerprint density at radius 1 is 0.943 bits per heavy atom. The van der Waals surface area contributed by atoms with E-state index in [0.29, 0.717) is 23.4 Å². The van der Waals surface area contributed by atoms with Crippen LogP contribution in [-0.2, 0) is 6.18 Å². The molecule has 0 fully saturated rings. The Labute approximate surface area is 202 Å². The van der Waals surface area contributed by atoms with Gasteiger partial charge in [-0.15, -0.1) is 0 Å². The highest BCUT2D eigenvalue weighted by Crippen LogP contribution is 2.29. The average molecular weight is 482 g/mol. The number of amides is 2. The number of carbonyl (C=O) groups excluding carboxylic acids is 1. The molecule has 0 atom stereocenters. The van der Waals surface area contributed by atoms with Crippen LogP contribution in [0.1, 0.15) is 41.2 Å². The highest BCUT2D eigenvalue weighted by molar-refractivity contribution is 6.00. The van der Waals surface area contributed by atoms with E-state index in [1.54, 1.807) is 24.3 Å². The summed E-state index contributed by atoms with van der Waals surface area (Å²) in [5.41, 5.74) is 10.0. The third-order valence-electron chi connectivity index (χ3n) is 5.21. The van der Waals surface area contributed by atoms with Gasteiger partial charge in [-0.25, -0.2) is 10.2 Å². The predicted molar refractivity (Wildman–Crippen MR) is 134 cm³/mol. The summed E-state index contributed by atoms with van der Waals surface area (Å²) >= 11 is 0. The molecule has 0 aliphatic rings.